The highest BCUT2D eigenvalue weighted by Gasteiger charge is 2.33. The number of nitrogens with zero attached hydrogens (tertiary/aromatic N) is 1. The second-order valence-electron chi connectivity index (χ2n) is 8.39. The van der Waals surface area contributed by atoms with Crippen LogP contribution in [0.3, 0.4) is 0 Å². The number of phenolic OH excluding ortho intramolecular Hbond substituents is 2. The van der Waals surface area contributed by atoms with Gasteiger partial charge >= 0.3 is 0 Å². The lowest BCUT2D eigenvalue weighted by Gasteiger charge is -2.33. The number of hydrogen-bond acceptors (Lipinski definition) is 6. The summed E-state index contributed by atoms with van der Waals surface area (Å²) in [5.74, 6) is 1.42. The van der Waals surface area contributed by atoms with E-state index >= 15 is 0 Å². The van der Waals surface area contributed by atoms with Crippen LogP contribution in [0.5, 0.6) is 17.2 Å². The SMILES string of the molecule is Oc1ccc([C@H]2Sc3cc(O)ccc3S[C@H]2c2ccc(OCCN3CCCC3)c(Br)c2)cc1. The van der Waals surface area contributed by atoms with Gasteiger partial charge in [0.15, 0.2) is 0 Å². The summed E-state index contributed by atoms with van der Waals surface area (Å²) >= 11 is 7.30. The van der Waals surface area contributed by atoms with E-state index in [1.807, 2.05) is 36.0 Å². The molecule has 2 N–H and O–H groups in total. The molecule has 2 atom stereocenters. The van der Waals surface area contributed by atoms with E-state index in [0.29, 0.717) is 6.61 Å². The van der Waals surface area contributed by atoms with Crippen LogP contribution in [0.2, 0.25) is 0 Å². The molecule has 0 bridgehead atoms. The van der Waals surface area contributed by atoms with Crippen molar-refractivity contribution in [2.75, 3.05) is 26.2 Å². The summed E-state index contributed by atoms with van der Waals surface area (Å²) in [5, 5.41) is 20.1. The third-order valence-corrected chi connectivity index (χ3v) is 9.80. The molecule has 0 aromatic heterocycles. The van der Waals surface area contributed by atoms with Gasteiger partial charge in [-0.2, -0.15) is 0 Å². The van der Waals surface area contributed by atoms with Gasteiger partial charge in [0.1, 0.15) is 23.9 Å². The van der Waals surface area contributed by atoms with E-state index in [-0.39, 0.29) is 22.0 Å². The molecule has 0 radical (unpaired) electrons. The van der Waals surface area contributed by atoms with Gasteiger partial charge < -0.3 is 14.9 Å². The zero-order chi connectivity index (χ0) is 22.8. The monoisotopic (exact) mass is 543 g/mol. The Hall–Kier alpha value is -1.80. The smallest absolute Gasteiger partial charge is 0.133 e. The number of halogens is 1. The lowest BCUT2D eigenvalue weighted by atomic mass is 10.0. The number of aromatic hydroxyl groups is 2. The van der Waals surface area contributed by atoms with Gasteiger partial charge in [-0.3, -0.25) is 4.90 Å². The fourth-order valence-electron chi connectivity index (χ4n) is 4.34. The number of thioether (sulfide) groups is 2. The Morgan fingerprint density at radius 1 is 0.818 bits per heavy atom. The third-order valence-electron chi connectivity index (χ3n) is 6.08. The first-order valence-corrected chi connectivity index (χ1v) is 13.7. The van der Waals surface area contributed by atoms with Gasteiger partial charge in [0.2, 0.25) is 0 Å². The molecule has 2 aliphatic rings. The largest absolute Gasteiger partial charge is 0.508 e. The number of benzene rings is 3. The molecule has 3 aromatic carbocycles. The molecule has 33 heavy (non-hydrogen) atoms. The first-order chi connectivity index (χ1) is 16.1. The summed E-state index contributed by atoms with van der Waals surface area (Å²) in [6.07, 6.45) is 2.58. The van der Waals surface area contributed by atoms with Gasteiger partial charge in [-0.1, -0.05) is 18.2 Å². The molecule has 0 spiro atoms. The van der Waals surface area contributed by atoms with Gasteiger partial charge in [0.05, 0.1) is 15.0 Å². The Labute approximate surface area is 211 Å². The van der Waals surface area contributed by atoms with Crippen molar-refractivity contribution in [2.24, 2.45) is 0 Å². The highest BCUT2D eigenvalue weighted by atomic mass is 79.9. The molecule has 0 unspecified atom stereocenters. The summed E-state index contributed by atoms with van der Waals surface area (Å²) < 4.78 is 7.04. The van der Waals surface area contributed by atoms with Crippen molar-refractivity contribution >= 4 is 39.5 Å². The van der Waals surface area contributed by atoms with Crippen LogP contribution in [0.15, 0.2) is 74.9 Å². The third kappa shape index (κ3) is 5.32. The van der Waals surface area contributed by atoms with Crippen LogP contribution in [-0.4, -0.2) is 41.4 Å². The predicted octanol–water partition coefficient (Wildman–Crippen LogP) is 7.02. The Kier molecular flexibility index (Phi) is 7.11. The topological polar surface area (TPSA) is 52.9 Å². The minimum absolute atomic E-state index is 0.138. The molecular weight excluding hydrogens is 518 g/mol. The van der Waals surface area contributed by atoms with E-state index in [4.69, 9.17) is 4.74 Å². The molecule has 2 aliphatic heterocycles. The summed E-state index contributed by atoms with van der Waals surface area (Å²) in [5.41, 5.74) is 2.36. The summed E-state index contributed by atoms with van der Waals surface area (Å²) in [4.78, 5) is 4.70. The molecule has 0 amide bonds. The van der Waals surface area contributed by atoms with E-state index < -0.39 is 0 Å². The van der Waals surface area contributed by atoms with Crippen molar-refractivity contribution < 1.29 is 14.9 Å². The number of rotatable bonds is 6. The molecule has 3 aromatic rings. The van der Waals surface area contributed by atoms with E-state index in [9.17, 15) is 10.2 Å². The minimum atomic E-state index is 0.138. The van der Waals surface area contributed by atoms with Gasteiger partial charge in [-0.25, -0.2) is 0 Å². The number of ether oxygens (including phenoxy) is 1. The van der Waals surface area contributed by atoms with Crippen molar-refractivity contribution in [3.63, 3.8) is 0 Å². The Morgan fingerprint density at radius 2 is 1.48 bits per heavy atom. The maximum absolute atomic E-state index is 9.99. The Morgan fingerprint density at radius 3 is 2.24 bits per heavy atom. The molecule has 0 saturated carbocycles. The molecule has 7 heteroatoms. The second kappa shape index (κ2) is 10.2. The summed E-state index contributed by atoms with van der Waals surface area (Å²) in [7, 11) is 0. The lowest BCUT2D eigenvalue weighted by molar-refractivity contribution is 0.237. The van der Waals surface area contributed by atoms with Crippen molar-refractivity contribution in [1.82, 2.24) is 4.90 Å². The first kappa shape index (κ1) is 23.0. The number of likely N-dealkylation sites (tertiary alicyclic amines) is 1. The number of fused-ring (bicyclic) bond motifs is 1. The zero-order valence-corrected chi connectivity index (χ0v) is 21.3. The molecule has 2 heterocycles. The van der Waals surface area contributed by atoms with Gasteiger partial charge in [0.25, 0.3) is 0 Å². The van der Waals surface area contributed by atoms with Gasteiger partial charge in [-0.05, 0) is 95.5 Å². The quantitative estimate of drug-likeness (QED) is 0.348. The highest BCUT2D eigenvalue weighted by Crippen LogP contribution is 2.60. The van der Waals surface area contributed by atoms with Crippen LogP contribution in [-0.2, 0) is 0 Å². The van der Waals surface area contributed by atoms with Crippen molar-refractivity contribution in [1.29, 1.82) is 0 Å². The number of hydrogen-bond donors (Lipinski definition) is 2. The van der Waals surface area contributed by atoms with Crippen LogP contribution >= 0.6 is 39.5 Å². The summed E-state index contributed by atoms with van der Waals surface area (Å²) in [6, 6.07) is 19.4. The van der Waals surface area contributed by atoms with E-state index in [0.717, 1.165) is 27.2 Å². The number of phenols is 2. The van der Waals surface area contributed by atoms with Gasteiger partial charge in [0, 0.05) is 16.3 Å². The molecule has 0 aliphatic carbocycles. The summed E-state index contributed by atoms with van der Waals surface area (Å²) in [6.45, 7) is 4.02. The lowest BCUT2D eigenvalue weighted by Crippen LogP contribution is -2.25. The van der Waals surface area contributed by atoms with Crippen LogP contribution in [0, 0.1) is 0 Å². The van der Waals surface area contributed by atoms with E-state index in [1.165, 1.54) is 36.4 Å². The van der Waals surface area contributed by atoms with Crippen molar-refractivity contribution in [2.45, 2.75) is 33.1 Å². The average molecular weight is 545 g/mol. The molecule has 1 fully saturated rings. The zero-order valence-electron chi connectivity index (χ0n) is 18.1. The van der Waals surface area contributed by atoms with Crippen molar-refractivity contribution in [3.8, 4) is 17.2 Å². The molecule has 4 nitrogen and oxygen atoms in total. The van der Waals surface area contributed by atoms with Gasteiger partial charge in [-0.15, -0.1) is 23.5 Å². The van der Waals surface area contributed by atoms with E-state index in [1.54, 1.807) is 30.0 Å². The normalized spacial score (nSPS) is 20.5. The highest BCUT2D eigenvalue weighted by molar-refractivity contribution is 9.10. The standard InChI is InChI=1S/C26H26BrNO3S2/c27-21-15-18(5-9-22(21)31-14-13-28-11-1-2-12-28)26-25(17-3-6-19(29)7-4-17)33-24-16-20(30)8-10-23(24)32-26/h3-10,15-16,25-26,29-30H,1-2,11-14H2/t25-,26+/m1/s1. The molecule has 172 valence electrons. The Bertz CT molecular complexity index is 1120. The maximum atomic E-state index is 9.99. The second-order valence-corrected chi connectivity index (χ2v) is 11.6. The average Bonchev–Trinajstić information content (AvgIpc) is 3.33. The van der Waals surface area contributed by atoms with Crippen LogP contribution in [0.1, 0.15) is 34.5 Å². The van der Waals surface area contributed by atoms with Crippen molar-refractivity contribution in [3.05, 3.63) is 76.3 Å². The maximum Gasteiger partial charge on any atom is 0.133 e. The van der Waals surface area contributed by atoms with Crippen LogP contribution in [0.4, 0.5) is 0 Å². The van der Waals surface area contributed by atoms with E-state index in [2.05, 4.69) is 39.0 Å². The Balaban J connectivity index is 1.39. The first-order valence-electron chi connectivity index (χ1n) is 11.2. The van der Waals surface area contributed by atoms with Crippen LogP contribution < -0.4 is 4.74 Å². The fraction of sp³-hybridized carbons (Fsp3) is 0.308. The fourth-order valence-corrected chi connectivity index (χ4v) is 7.85. The minimum Gasteiger partial charge on any atom is -0.508 e. The molecular formula is C26H26BrNO3S2. The molecule has 1 saturated heterocycles. The predicted molar refractivity (Wildman–Crippen MR) is 139 cm³/mol. The van der Waals surface area contributed by atoms with Crippen LogP contribution in [0.25, 0.3) is 0 Å². The molecule has 5 rings (SSSR count).